The van der Waals surface area contributed by atoms with Gasteiger partial charge < -0.3 is 15.5 Å². The van der Waals surface area contributed by atoms with Gasteiger partial charge in [0.15, 0.2) is 0 Å². The third-order valence-corrected chi connectivity index (χ3v) is 3.63. The predicted molar refractivity (Wildman–Crippen MR) is 66.1 cm³/mol. The maximum atomic E-state index is 12.3. The summed E-state index contributed by atoms with van der Waals surface area (Å²) in [6.45, 7) is 2.19. The Morgan fingerprint density at radius 1 is 1.19 bits per heavy atom. The van der Waals surface area contributed by atoms with E-state index in [4.69, 9.17) is 5.73 Å². The molecule has 0 unspecified atom stereocenters. The number of rotatable bonds is 5. The van der Waals surface area contributed by atoms with Crippen LogP contribution in [0.2, 0.25) is 0 Å². The van der Waals surface area contributed by atoms with Gasteiger partial charge in [0, 0.05) is 26.7 Å². The molecule has 0 atom stereocenters. The van der Waals surface area contributed by atoms with Crippen LogP contribution in [-0.2, 0) is 4.79 Å². The second kappa shape index (κ2) is 5.64. The number of hydrogen-bond donors (Lipinski definition) is 1. The Morgan fingerprint density at radius 3 is 2.19 bits per heavy atom. The van der Waals surface area contributed by atoms with Crippen LogP contribution in [0, 0.1) is 5.41 Å². The lowest BCUT2D eigenvalue weighted by Gasteiger charge is -2.31. The summed E-state index contributed by atoms with van der Waals surface area (Å²) in [6.07, 6.45) is 4.22. The van der Waals surface area contributed by atoms with Crippen molar-refractivity contribution in [3.8, 4) is 0 Å². The SMILES string of the molecule is CN(C)CCN(C)C(=O)C1(CN)CCCC1. The van der Waals surface area contributed by atoms with Crippen molar-refractivity contribution in [3.63, 3.8) is 0 Å². The fourth-order valence-electron chi connectivity index (χ4n) is 2.41. The maximum absolute atomic E-state index is 12.3. The summed E-state index contributed by atoms with van der Waals surface area (Å²) in [5.41, 5.74) is 5.56. The zero-order valence-corrected chi connectivity index (χ0v) is 10.8. The number of nitrogens with two attached hydrogens (primary N) is 1. The van der Waals surface area contributed by atoms with Crippen molar-refractivity contribution >= 4 is 5.91 Å². The third kappa shape index (κ3) is 2.95. The summed E-state index contributed by atoms with van der Waals surface area (Å²) in [5.74, 6) is 0.245. The molecule has 0 aromatic carbocycles. The van der Waals surface area contributed by atoms with E-state index >= 15 is 0 Å². The van der Waals surface area contributed by atoms with Gasteiger partial charge in [0.05, 0.1) is 5.41 Å². The van der Waals surface area contributed by atoms with Gasteiger partial charge in [0.2, 0.25) is 5.91 Å². The first-order valence-electron chi connectivity index (χ1n) is 6.12. The van der Waals surface area contributed by atoms with Gasteiger partial charge >= 0.3 is 0 Å². The van der Waals surface area contributed by atoms with Crippen LogP contribution in [0.4, 0.5) is 0 Å². The Kier molecular flexibility index (Phi) is 4.74. The molecular weight excluding hydrogens is 202 g/mol. The first-order valence-corrected chi connectivity index (χ1v) is 6.12. The van der Waals surface area contributed by atoms with Crippen LogP contribution < -0.4 is 5.73 Å². The van der Waals surface area contributed by atoms with E-state index in [1.54, 1.807) is 0 Å². The minimum Gasteiger partial charge on any atom is -0.344 e. The standard InChI is InChI=1S/C12H25N3O/c1-14(2)8-9-15(3)11(16)12(10-13)6-4-5-7-12/h4-10,13H2,1-3H3. The van der Waals surface area contributed by atoms with E-state index in [-0.39, 0.29) is 11.3 Å². The predicted octanol–water partition coefficient (Wildman–Crippen LogP) is 0.526. The minimum absolute atomic E-state index is 0.245. The van der Waals surface area contributed by atoms with E-state index in [9.17, 15) is 4.79 Å². The molecule has 0 aromatic rings. The number of carbonyl (C=O) groups is 1. The van der Waals surface area contributed by atoms with Gasteiger partial charge in [-0.25, -0.2) is 0 Å². The molecule has 1 aliphatic rings. The topological polar surface area (TPSA) is 49.6 Å². The molecule has 1 aliphatic carbocycles. The molecule has 0 saturated heterocycles. The zero-order valence-electron chi connectivity index (χ0n) is 10.8. The Hall–Kier alpha value is -0.610. The molecule has 1 rings (SSSR count). The lowest BCUT2D eigenvalue weighted by Crippen LogP contribution is -2.46. The van der Waals surface area contributed by atoms with Crippen molar-refractivity contribution < 1.29 is 4.79 Å². The van der Waals surface area contributed by atoms with Gasteiger partial charge in [-0.2, -0.15) is 0 Å². The van der Waals surface area contributed by atoms with Crippen LogP contribution in [-0.4, -0.2) is 56.5 Å². The van der Waals surface area contributed by atoms with Gasteiger partial charge in [-0.3, -0.25) is 4.79 Å². The molecule has 0 aliphatic heterocycles. The highest BCUT2D eigenvalue weighted by atomic mass is 16.2. The zero-order chi connectivity index (χ0) is 12.2. The van der Waals surface area contributed by atoms with Crippen molar-refractivity contribution in [1.82, 2.24) is 9.80 Å². The first kappa shape index (κ1) is 13.5. The maximum Gasteiger partial charge on any atom is 0.229 e. The second-order valence-corrected chi connectivity index (χ2v) is 5.22. The normalized spacial score (nSPS) is 19.1. The molecule has 4 nitrogen and oxygen atoms in total. The van der Waals surface area contributed by atoms with Crippen molar-refractivity contribution in [2.24, 2.45) is 11.1 Å². The van der Waals surface area contributed by atoms with E-state index in [0.717, 1.165) is 38.8 Å². The van der Waals surface area contributed by atoms with Gasteiger partial charge in [-0.05, 0) is 26.9 Å². The molecule has 16 heavy (non-hydrogen) atoms. The molecule has 2 N–H and O–H groups in total. The lowest BCUT2D eigenvalue weighted by atomic mass is 9.85. The lowest BCUT2D eigenvalue weighted by molar-refractivity contribution is -0.140. The molecule has 1 saturated carbocycles. The summed E-state index contributed by atoms with van der Waals surface area (Å²) < 4.78 is 0. The molecule has 0 radical (unpaired) electrons. The Balaban J connectivity index is 2.54. The van der Waals surface area contributed by atoms with E-state index in [0.29, 0.717) is 6.54 Å². The van der Waals surface area contributed by atoms with Gasteiger partial charge in [-0.15, -0.1) is 0 Å². The largest absolute Gasteiger partial charge is 0.344 e. The highest BCUT2D eigenvalue weighted by Crippen LogP contribution is 2.38. The summed E-state index contributed by atoms with van der Waals surface area (Å²) >= 11 is 0. The highest BCUT2D eigenvalue weighted by Gasteiger charge is 2.41. The highest BCUT2D eigenvalue weighted by molar-refractivity contribution is 5.83. The van der Waals surface area contributed by atoms with Crippen molar-refractivity contribution in [1.29, 1.82) is 0 Å². The summed E-state index contributed by atoms with van der Waals surface area (Å²) in [7, 11) is 5.93. The van der Waals surface area contributed by atoms with Gasteiger partial charge in [0.1, 0.15) is 0 Å². The minimum atomic E-state index is -0.249. The van der Waals surface area contributed by atoms with Crippen LogP contribution in [0.5, 0.6) is 0 Å². The number of carbonyl (C=O) groups excluding carboxylic acids is 1. The number of amides is 1. The molecule has 0 spiro atoms. The number of likely N-dealkylation sites (N-methyl/N-ethyl adjacent to an activating group) is 2. The van der Waals surface area contributed by atoms with Crippen molar-refractivity contribution in [2.75, 3.05) is 40.8 Å². The Labute approximate surface area is 98.8 Å². The number of nitrogens with zero attached hydrogens (tertiary/aromatic N) is 2. The van der Waals surface area contributed by atoms with E-state index in [1.807, 2.05) is 26.0 Å². The van der Waals surface area contributed by atoms with Crippen LogP contribution in [0.25, 0.3) is 0 Å². The van der Waals surface area contributed by atoms with E-state index in [1.165, 1.54) is 0 Å². The molecular formula is C12H25N3O. The Morgan fingerprint density at radius 2 is 1.75 bits per heavy atom. The van der Waals surface area contributed by atoms with E-state index in [2.05, 4.69) is 4.90 Å². The molecule has 0 bridgehead atoms. The van der Waals surface area contributed by atoms with Crippen LogP contribution in [0.1, 0.15) is 25.7 Å². The van der Waals surface area contributed by atoms with Crippen LogP contribution >= 0.6 is 0 Å². The van der Waals surface area contributed by atoms with Crippen molar-refractivity contribution in [2.45, 2.75) is 25.7 Å². The average molecular weight is 227 g/mol. The fraction of sp³-hybridized carbons (Fsp3) is 0.917. The van der Waals surface area contributed by atoms with Gasteiger partial charge in [-0.1, -0.05) is 12.8 Å². The van der Waals surface area contributed by atoms with Crippen LogP contribution in [0.3, 0.4) is 0 Å². The molecule has 4 heteroatoms. The van der Waals surface area contributed by atoms with Crippen molar-refractivity contribution in [3.05, 3.63) is 0 Å². The quantitative estimate of drug-likeness (QED) is 0.745. The van der Waals surface area contributed by atoms with E-state index < -0.39 is 0 Å². The molecule has 94 valence electrons. The Bertz CT molecular complexity index is 234. The average Bonchev–Trinajstić information content (AvgIpc) is 2.74. The first-order chi connectivity index (χ1) is 7.52. The second-order valence-electron chi connectivity index (χ2n) is 5.22. The molecule has 0 aromatic heterocycles. The fourth-order valence-corrected chi connectivity index (χ4v) is 2.41. The molecule has 1 amide bonds. The smallest absolute Gasteiger partial charge is 0.229 e. The summed E-state index contributed by atoms with van der Waals surface area (Å²) in [6, 6.07) is 0. The monoisotopic (exact) mass is 227 g/mol. The van der Waals surface area contributed by atoms with Gasteiger partial charge in [0.25, 0.3) is 0 Å². The van der Waals surface area contributed by atoms with Crippen LogP contribution in [0.15, 0.2) is 0 Å². The number of hydrogen-bond acceptors (Lipinski definition) is 3. The summed E-state index contributed by atoms with van der Waals surface area (Å²) in [5, 5.41) is 0. The summed E-state index contributed by atoms with van der Waals surface area (Å²) in [4.78, 5) is 16.3. The third-order valence-electron chi connectivity index (χ3n) is 3.63. The molecule has 0 heterocycles. The molecule has 1 fully saturated rings.